The highest BCUT2D eigenvalue weighted by Gasteiger charge is 2.33. The number of sulfonamides is 1. The maximum absolute atomic E-state index is 13.7. The van der Waals surface area contributed by atoms with Crippen molar-refractivity contribution in [3.05, 3.63) is 92.4 Å². The Labute approximate surface area is 248 Å². The second kappa shape index (κ2) is 12.2. The molecule has 16 heteroatoms. The van der Waals surface area contributed by atoms with Crippen LogP contribution in [0.3, 0.4) is 0 Å². The van der Waals surface area contributed by atoms with Gasteiger partial charge in [-0.05, 0) is 55.8 Å². The van der Waals surface area contributed by atoms with Gasteiger partial charge in [-0.25, -0.2) is 27.4 Å². The molecule has 4 aromatic rings. The number of hydrogen-bond acceptors (Lipinski definition) is 8. The third-order valence-electron chi connectivity index (χ3n) is 6.58. The van der Waals surface area contributed by atoms with Crippen LogP contribution in [0.5, 0.6) is 0 Å². The number of rotatable bonds is 8. The number of ether oxygens (including phenoxy) is 1. The molecule has 12 nitrogen and oxygen atoms in total. The van der Waals surface area contributed by atoms with Crippen LogP contribution in [0.25, 0.3) is 22.6 Å². The minimum absolute atomic E-state index is 0.0587. The zero-order valence-corrected chi connectivity index (χ0v) is 24.4. The molecule has 0 atom stereocenters. The maximum Gasteiger partial charge on any atom is 0.421 e. The molecule has 44 heavy (non-hydrogen) atoms. The number of amides is 1. The number of nitriles is 1. The highest BCUT2D eigenvalue weighted by atomic mass is 32.2. The number of alkyl halides is 3. The van der Waals surface area contributed by atoms with Crippen molar-refractivity contribution in [3.63, 3.8) is 0 Å². The van der Waals surface area contributed by atoms with Crippen LogP contribution in [0.15, 0.2) is 69.2 Å². The van der Waals surface area contributed by atoms with Crippen molar-refractivity contribution in [1.82, 2.24) is 23.6 Å². The van der Waals surface area contributed by atoms with Gasteiger partial charge >= 0.3 is 18.0 Å². The van der Waals surface area contributed by atoms with Crippen LogP contribution in [0.2, 0.25) is 0 Å². The number of halogens is 3. The van der Waals surface area contributed by atoms with E-state index in [1.807, 2.05) is 13.0 Å². The van der Waals surface area contributed by atoms with Crippen LogP contribution in [-0.4, -0.2) is 40.0 Å². The van der Waals surface area contributed by atoms with Gasteiger partial charge in [-0.1, -0.05) is 19.4 Å². The van der Waals surface area contributed by atoms with Crippen molar-refractivity contribution in [1.29, 1.82) is 5.26 Å². The third-order valence-corrected chi connectivity index (χ3v) is 7.89. The monoisotopic (exact) mass is 630 g/mol. The van der Waals surface area contributed by atoms with Crippen LogP contribution in [-0.2, 0) is 28.0 Å². The summed E-state index contributed by atoms with van der Waals surface area (Å²) in [6.45, 7) is 3.04. The smallest absolute Gasteiger partial charge is 0.421 e. The predicted molar refractivity (Wildman–Crippen MR) is 151 cm³/mol. The molecule has 1 N–H and O–H groups in total. The number of carbonyl (C=O) groups is 1. The first-order valence-corrected chi connectivity index (χ1v) is 14.5. The summed E-state index contributed by atoms with van der Waals surface area (Å²) >= 11 is 0. The lowest BCUT2D eigenvalue weighted by Gasteiger charge is -2.18. The summed E-state index contributed by atoms with van der Waals surface area (Å²) in [5.74, 6) is 0. The number of aromatic nitrogens is 4. The van der Waals surface area contributed by atoms with Crippen molar-refractivity contribution in [2.24, 2.45) is 7.05 Å². The zero-order chi connectivity index (χ0) is 32.4. The molecule has 0 aliphatic rings. The summed E-state index contributed by atoms with van der Waals surface area (Å²) in [6, 6.07) is 11.4. The molecular formula is C28H25F3N6O6S. The highest BCUT2D eigenvalue weighted by molar-refractivity contribution is 7.90. The zero-order valence-electron chi connectivity index (χ0n) is 23.5. The molecule has 0 aliphatic heterocycles. The summed E-state index contributed by atoms with van der Waals surface area (Å²) in [5.41, 5.74) is -3.88. The van der Waals surface area contributed by atoms with Gasteiger partial charge in [0.25, 0.3) is 15.6 Å². The Bertz CT molecular complexity index is 2010. The van der Waals surface area contributed by atoms with Gasteiger partial charge < -0.3 is 4.74 Å². The minimum Gasteiger partial charge on any atom is -0.449 e. The summed E-state index contributed by atoms with van der Waals surface area (Å²) in [4.78, 5) is 38.6. The Morgan fingerprint density at radius 1 is 1.11 bits per heavy atom. The first-order chi connectivity index (χ1) is 20.7. The topological polar surface area (TPSA) is 158 Å². The Kier molecular flexibility index (Phi) is 8.81. The molecule has 0 aliphatic carbocycles. The summed E-state index contributed by atoms with van der Waals surface area (Å²) < 4.78 is 76.7. The summed E-state index contributed by atoms with van der Waals surface area (Å²) in [5, 5.41) is 13.3. The van der Waals surface area contributed by atoms with E-state index in [0.29, 0.717) is 23.5 Å². The van der Waals surface area contributed by atoms with Gasteiger partial charge in [-0.15, -0.1) is 0 Å². The lowest BCUT2D eigenvalue weighted by Crippen LogP contribution is -2.40. The number of unbranched alkanes of at least 4 members (excludes halogenated alkanes) is 1. The first kappa shape index (κ1) is 31.8. The molecule has 0 radical (unpaired) electrons. The molecule has 1 amide bonds. The molecule has 0 fully saturated rings. The Morgan fingerprint density at radius 3 is 2.41 bits per heavy atom. The fourth-order valence-corrected chi connectivity index (χ4v) is 5.37. The van der Waals surface area contributed by atoms with E-state index in [1.54, 1.807) is 4.72 Å². The molecule has 2 aromatic carbocycles. The van der Waals surface area contributed by atoms with Crippen molar-refractivity contribution < 1.29 is 31.1 Å². The van der Waals surface area contributed by atoms with Crippen LogP contribution in [0.4, 0.5) is 18.0 Å². The number of hydrogen-bond donors (Lipinski definition) is 1. The predicted octanol–water partition coefficient (Wildman–Crippen LogP) is 3.80. The average Bonchev–Trinajstić information content (AvgIpc) is 3.41. The largest absolute Gasteiger partial charge is 0.449 e. The van der Waals surface area contributed by atoms with Crippen LogP contribution >= 0.6 is 0 Å². The number of carbonyl (C=O) groups excluding carboxylic acids is 1. The van der Waals surface area contributed by atoms with Gasteiger partial charge in [0.1, 0.15) is 10.6 Å². The van der Waals surface area contributed by atoms with Crippen LogP contribution in [0, 0.1) is 18.3 Å². The van der Waals surface area contributed by atoms with Crippen molar-refractivity contribution in [3.8, 4) is 28.7 Å². The maximum atomic E-state index is 13.7. The molecule has 0 spiro atoms. The Hall–Kier alpha value is -5.17. The van der Waals surface area contributed by atoms with E-state index < -0.39 is 55.3 Å². The molecule has 2 aromatic heterocycles. The molecule has 0 bridgehead atoms. The molecular weight excluding hydrogens is 605 g/mol. The lowest BCUT2D eigenvalue weighted by atomic mass is 10.1. The van der Waals surface area contributed by atoms with E-state index in [4.69, 9.17) is 4.74 Å². The molecule has 4 rings (SSSR count). The van der Waals surface area contributed by atoms with E-state index in [1.165, 1.54) is 37.3 Å². The van der Waals surface area contributed by atoms with Crippen molar-refractivity contribution >= 4 is 16.1 Å². The SMILES string of the molecule is CCCCOC(=O)NS(=O)(=O)c1cnn(-c2ccc(C#N)cc2)c1-c1c(C)n(-c2cccc(C(F)(F)F)c2)c(=O)n(C)c1=O. The van der Waals surface area contributed by atoms with Gasteiger partial charge in [0.05, 0.1) is 46.9 Å². The molecule has 230 valence electrons. The second-order valence-electron chi connectivity index (χ2n) is 9.51. The van der Waals surface area contributed by atoms with E-state index in [-0.39, 0.29) is 29.2 Å². The van der Waals surface area contributed by atoms with E-state index in [9.17, 15) is 41.2 Å². The van der Waals surface area contributed by atoms with Gasteiger partial charge in [-0.2, -0.15) is 23.5 Å². The average molecular weight is 631 g/mol. The van der Waals surface area contributed by atoms with Crippen molar-refractivity contribution in [2.75, 3.05) is 6.61 Å². The molecule has 0 saturated heterocycles. The Balaban J connectivity index is 2.04. The summed E-state index contributed by atoms with van der Waals surface area (Å²) in [7, 11) is -3.70. The number of nitrogens with zero attached hydrogens (tertiary/aromatic N) is 5. The number of nitrogens with one attached hydrogen (secondary N) is 1. The second-order valence-corrected chi connectivity index (χ2v) is 11.2. The van der Waals surface area contributed by atoms with Gasteiger partial charge in [0.2, 0.25) is 0 Å². The molecule has 0 unspecified atom stereocenters. The minimum atomic E-state index is -4.78. The van der Waals surface area contributed by atoms with Crippen molar-refractivity contribution in [2.45, 2.75) is 37.8 Å². The Morgan fingerprint density at radius 2 is 1.80 bits per heavy atom. The fourth-order valence-electron chi connectivity index (χ4n) is 4.35. The number of benzene rings is 2. The van der Waals surface area contributed by atoms with E-state index in [0.717, 1.165) is 34.6 Å². The molecule has 0 saturated carbocycles. The fraction of sp³-hybridized carbons (Fsp3) is 0.250. The van der Waals surface area contributed by atoms with Crippen LogP contribution < -0.4 is 16.0 Å². The molecule has 2 heterocycles. The highest BCUT2D eigenvalue weighted by Crippen LogP contribution is 2.33. The van der Waals surface area contributed by atoms with Crippen LogP contribution in [0.1, 0.15) is 36.6 Å². The van der Waals surface area contributed by atoms with Gasteiger partial charge in [0.15, 0.2) is 0 Å². The lowest BCUT2D eigenvalue weighted by molar-refractivity contribution is -0.137. The quantitative estimate of drug-likeness (QED) is 0.288. The third kappa shape index (κ3) is 6.13. The first-order valence-electron chi connectivity index (χ1n) is 13.0. The summed E-state index contributed by atoms with van der Waals surface area (Å²) in [6.07, 6.45) is -4.01. The van der Waals surface area contributed by atoms with E-state index >= 15 is 0 Å². The van der Waals surface area contributed by atoms with E-state index in [2.05, 4.69) is 5.10 Å². The van der Waals surface area contributed by atoms with Gasteiger partial charge in [-0.3, -0.25) is 13.9 Å². The normalized spacial score (nSPS) is 11.7. The van der Waals surface area contributed by atoms with Gasteiger partial charge in [0, 0.05) is 12.7 Å². The standard InChI is InChI=1S/C28H25F3N6O6S/c1-4-5-13-43-26(39)34-44(41,42)22-16-33-37(20-11-9-18(15-32)10-12-20)24(22)23-17(2)36(27(40)35(3)25(23)38)21-8-6-7-19(14-21)28(29,30)31/h6-12,14,16H,4-5,13H2,1-3H3,(H,34,39).